The zero-order valence-electron chi connectivity index (χ0n) is 19.2. The molecule has 2 aromatic carbocycles. The summed E-state index contributed by atoms with van der Waals surface area (Å²) in [4.78, 5) is 33.3. The number of fused-ring (bicyclic) bond motifs is 2. The summed E-state index contributed by atoms with van der Waals surface area (Å²) in [6.07, 6.45) is 1.61. The number of anilines is 1. The number of amides is 1. The van der Waals surface area contributed by atoms with E-state index in [4.69, 9.17) is 13.9 Å². The van der Waals surface area contributed by atoms with Crippen LogP contribution in [0.1, 0.15) is 47.1 Å². The van der Waals surface area contributed by atoms with Crippen molar-refractivity contribution in [3.63, 3.8) is 0 Å². The smallest absolute Gasteiger partial charge is 0.296 e. The van der Waals surface area contributed by atoms with E-state index in [-0.39, 0.29) is 11.2 Å². The first kappa shape index (κ1) is 21.7. The molecular formula is C27H24N2O5. The van der Waals surface area contributed by atoms with Gasteiger partial charge in [-0.05, 0) is 62.7 Å². The molecule has 2 aromatic heterocycles. The third-order valence-corrected chi connectivity index (χ3v) is 5.80. The van der Waals surface area contributed by atoms with Crippen LogP contribution in [0, 0.1) is 6.92 Å². The molecule has 7 heteroatoms. The Kier molecular flexibility index (Phi) is 5.53. The lowest BCUT2D eigenvalue weighted by Gasteiger charge is -2.25. The average Bonchev–Trinajstić information content (AvgIpc) is 3.14. The van der Waals surface area contributed by atoms with E-state index in [0.29, 0.717) is 52.6 Å². The molecule has 5 rings (SSSR count). The van der Waals surface area contributed by atoms with Gasteiger partial charge in [-0.1, -0.05) is 23.8 Å². The van der Waals surface area contributed by atoms with Crippen molar-refractivity contribution in [1.82, 2.24) is 4.98 Å². The van der Waals surface area contributed by atoms with Gasteiger partial charge in [-0.15, -0.1) is 0 Å². The highest BCUT2D eigenvalue weighted by Gasteiger charge is 2.44. The maximum atomic E-state index is 13.7. The van der Waals surface area contributed by atoms with Crippen LogP contribution in [0.25, 0.3) is 11.0 Å². The molecule has 172 valence electrons. The van der Waals surface area contributed by atoms with Gasteiger partial charge >= 0.3 is 0 Å². The van der Waals surface area contributed by atoms with Gasteiger partial charge in [-0.3, -0.25) is 14.5 Å². The Hall–Kier alpha value is -4.13. The molecule has 0 N–H and O–H groups in total. The Labute approximate surface area is 196 Å². The normalized spacial score (nSPS) is 15.0. The number of carbonyl (C=O) groups excluding carboxylic acids is 1. The minimum absolute atomic E-state index is 0.0313. The largest absolute Gasteiger partial charge is 0.490 e. The second-order valence-electron chi connectivity index (χ2n) is 8.01. The summed E-state index contributed by atoms with van der Waals surface area (Å²) in [6, 6.07) is 15.4. The number of aromatic nitrogens is 1. The van der Waals surface area contributed by atoms with Crippen LogP contribution in [-0.2, 0) is 0 Å². The molecule has 1 atom stereocenters. The molecule has 7 nitrogen and oxygen atoms in total. The maximum absolute atomic E-state index is 13.7. The van der Waals surface area contributed by atoms with Crippen molar-refractivity contribution in [2.45, 2.75) is 26.8 Å². The Morgan fingerprint density at radius 3 is 2.50 bits per heavy atom. The van der Waals surface area contributed by atoms with E-state index in [1.165, 1.54) is 4.90 Å². The molecule has 4 aromatic rings. The first-order valence-electron chi connectivity index (χ1n) is 11.2. The Morgan fingerprint density at radius 2 is 1.76 bits per heavy atom. The highest BCUT2D eigenvalue weighted by molar-refractivity contribution is 6.10. The molecule has 1 amide bonds. The van der Waals surface area contributed by atoms with E-state index in [1.54, 1.807) is 42.6 Å². The van der Waals surface area contributed by atoms with Crippen molar-refractivity contribution in [3.05, 3.63) is 93.5 Å². The fourth-order valence-electron chi connectivity index (χ4n) is 4.37. The minimum Gasteiger partial charge on any atom is -0.490 e. The summed E-state index contributed by atoms with van der Waals surface area (Å²) in [5.74, 6) is 1.19. The lowest BCUT2D eigenvalue weighted by atomic mass is 9.97. The minimum atomic E-state index is -0.728. The van der Waals surface area contributed by atoms with Crippen molar-refractivity contribution in [2.75, 3.05) is 18.1 Å². The fourth-order valence-corrected chi connectivity index (χ4v) is 4.37. The average molecular weight is 456 g/mol. The Bertz CT molecular complexity index is 1450. The molecule has 1 unspecified atom stereocenters. The molecule has 1 aliphatic heterocycles. The second kappa shape index (κ2) is 8.67. The first-order valence-corrected chi connectivity index (χ1v) is 11.2. The Balaban J connectivity index is 1.78. The number of carbonyl (C=O) groups is 1. The fraction of sp³-hybridized carbons (Fsp3) is 0.222. The van der Waals surface area contributed by atoms with E-state index >= 15 is 0 Å². The number of aryl methyl sites for hydroxylation is 1. The molecule has 0 aliphatic carbocycles. The van der Waals surface area contributed by atoms with Gasteiger partial charge in [0.15, 0.2) is 16.9 Å². The van der Waals surface area contributed by atoms with Crippen molar-refractivity contribution in [3.8, 4) is 11.5 Å². The molecule has 0 spiro atoms. The van der Waals surface area contributed by atoms with Crippen molar-refractivity contribution in [1.29, 1.82) is 0 Å². The predicted molar refractivity (Wildman–Crippen MR) is 129 cm³/mol. The molecule has 0 radical (unpaired) electrons. The second-order valence-corrected chi connectivity index (χ2v) is 8.01. The molecule has 0 saturated heterocycles. The van der Waals surface area contributed by atoms with Gasteiger partial charge in [0.1, 0.15) is 11.4 Å². The molecule has 0 saturated carbocycles. The molecule has 34 heavy (non-hydrogen) atoms. The molecule has 3 heterocycles. The number of pyridine rings is 1. The van der Waals surface area contributed by atoms with Gasteiger partial charge in [0.25, 0.3) is 5.91 Å². The van der Waals surface area contributed by atoms with Crippen molar-refractivity contribution < 1.29 is 18.7 Å². The van der Waals surface area contributed by atoms with Gasteiger partial charge in [-0.2, -0.15) is 0 Å². The summed E-state index contributed by atoms with van der Waals surface area (Å²) in [6.45, 7) is 6.63. The van der Waals surface area contributed by atoms with Gasteiger partial charge in [-0.25, -0.2) is 4.98 Å². The summed E-state index contributed by atoms with van der Waals surface area (Å²) in [5.41, 5.74) is 2.07. The van der Waals surface area contributed by atoms with E-state index in [0.717, 1.165) is 5.56 Å². The SMILES string of the molecule is CCOc1ccc(C2c3c(oc4ccc(C)cc4c3=O)C(=O)N2c2ccccn2)cc1OCC. The number of ether oxygens (including phenoxy) is 2. The lowest BCUT2D eigenvalue weighted by Crippen LogP contribution is -2.30. The lowest BCUT2D eigenvalue weighted by molar-refractivity contribution is 0.0970. The van der Waals surface area contributed by atoms with Crippen LogP contribution < -0.4 is 19.8 Å². The third kappa shape index (κ3) is 3.50. The summed E-state index contributed by atoms with van der Waals surface area (Å²) in [7, 11) is 0. The van der Waals surface area contributed by atoms with Crippen LogP contribution in [0.2, 0.25) is 0 Å². The van der Waals surface area contributed by atoms with E-state index in [2.05, 4.69) is 4.98 Å². The number of rotatable bonds is 6. The van der Waals surface area contributed by atoms with Crippen LogP contribution in [0.3, 0.4) is 0 Å². The van der Waals surface area contributed by atoms with E-state index in [1.807, 2.05) is 39.0 Å². The number of benzene rings is 2. The third-order valence-electron chi connectivity index (χ3n) is 5.80. The monoisotopic (exact) mass is 456 g/mol. The number of nitrogens with zero attached hydrogens (tertiary/aromatic N) is 2. The summed E-state index contributed by atoms with van der Waals surface area (Å²) >= 11 is 0. The van der Waals surface area contributed by atoms with Gasteiger partial charge in [0, 0.05) is 6.20 Å². The topological polar surface area (TPSA) is 81.9 Å². The quantitative estimate of drug-likeness (QED) is 0.404. The van der Waals surface area contributed by atoms with Crippen LogP contribution in [-0.4, -0.2) is 24.1 Å². The van der Waals surface area contributed by atoms with Crippen LogP contribution >= 0.6 is 0 Å². The molecule has 1 aliphatic rings. The van der Waals surface area contributed by atoms with Gasteiger partial charge in [0.05, 0.1) is 30.2 Å². The van der Waals surface area contributed by atoms with Crippen LogP contribution in [0.15, 0.2) is 70.0 Å². The molecule has 0 bridgehead atoms. The Morgan fingerprint density at radius 1 is 0.971 bits per heavy atom. The van der Waals surface area contributed by atoms with Crippen LogP contribution in [0.5, 0.6) is 11.5 Å². The van der Waals surface area contributed by atoms with Gasteiger partial charge < -0.3 is 13.9 Å². The highest BCUT2D eigenvalue weighted by Crippen LogP contribution is 2.42. The maximum Gasteiger partial charge on any atom is 0.296 e. The predicted octanol–water partition coefficient (Wildman–Crippen LogP) is 5.04. The van der Waals surface area contributed by atoms with Crippen molar-refractivity contribution in [2.24, 2.45) is 0 Å². The standard InChI is InChI=1S/C27H24N2O5/c1-4-32-20-12-10-17(15-21(20)33-5-2)24-23-25(30)18-14-16(3)9-11-19(18)34-26(23)27(31)29(24)22-8-6-7-13-28-22/h6-15,24H,4-5H2,1-3H3. The first-order chi connectivity index (χ1) is 16.5. The summed E-state index contributed by atoms with van der Waals surface area (Å²) < 4.78 is 17.5. The number of hydrogen-bond donors (Lipinski definition) is 0. The van der Waals surface area contributed by atoms with E-state index < -0.39 is 11.9 Å². The van der Waals surface area contributed by atoms with Gasteiger partial charge in [0.2, 0.25) is 5.76 Å². The summed E-state index contributed by atoms with van der Waals surface area (Å²) in [5, 5.41) is 0.440. The number of hydrogen-bond acceptors (Lipinski definition) is 6. The molecular weight excluding hydrogens is 432 g/mol. The van der Waals surface area contributed by atoms with Crippen molar-refractivity contribution >= 4 is 22.7 Å². The molecule has 0 fully saturated rings. The van der Waals surface area contributed by atoms with E-state index in [9.17, 15) is 9.59 Å². The highest BCUT2D eigenvalue weighted by atomic mass is 16.5. The zero-order chi connectivity index (χ0) is 23.8. The zero-order valence-corrected chi connectivity index (χ0v) is 19.2. The van der Waals surface area contributed by atoms with Crippen LogP contribution in [0.4, 0.5) is 5.82 Å².